The normalized spacial score (nSPS) is 12.4. The lowest BCUT2D eigenvalue weighted by Gasteiger charge is -2.10. The fourth-order valence-corrected chi connectivity index (χ4v) is 2.83. The van der Waals surface area contributed by atoms with E-state index in [1.807, 2.05) is 20.8 Å². The lowest BCUT2D eigenvalue weighted by atomic mass is 9.97. The van der Waals surface area contributed by atoms with Crippen LogP contribution in [0.2, 0.25) is 0 Å². The van der Waals surface area contributed by atoms with Gasteiger partial charge in [0.05, 0.1) is 12.0 Å². The Morgan fingerprint density at radius 1 is 1.19 bits per heavy atom. The first kappa shape index (κ1) is 15.5. The standard InChI is InChI=1S/C14H18N2O4S/c1-14(2,3)13-15-12(16-20-13)9-21(17,18)11-7-5-10(19-4)6-8-11/h5-8H,9H2,1-4H3. The van der Waals surface area contributed by atoms with E-state index in [1.165, 1.54) is 19.2 Å². The van der Waals surface area contributed by atoms with Crippen molar-refractivity contribution in [2.24, 2.45) is 0 Å². The summed E-state index contributed by atoms with van der Waals surface area (Å²) >= 11 is 0. The van der Waals surface area contributed by atoms with Gasteiger partial charge < -0.3 is 9.26 Å². The number of aromatic nitrogens is 2. The lowest BCUT2D eigenvalue weighted by Crippen LogP contribution is -2.12. The minimum absolute atomic E-state index is 0.163. The number of ether oxygens (including phenoxy) is 1. The smallest absolute Gasteiger partial charge is 0.232 e. The molecule has 2 rings (SSSR count). The van der Waals surface area contributed by atoms with Crippen LogP contribution >= 0.6 is 0 Å². The molecule has 0 radical (unpaired) electrons. The molecule has 0 saturated carbocycles. The first-order valence-electron chi connectivity index (χ1n) is 6.42. The maximum Gasteiger partial charge on any atom is 0.232 e. The minimum atomic E-state index is -3.51. The quantitative estimate of drug-likeness (QED) is 0.862. The Labute approximate surface area is 124 Å². The third kappa shape index (κ3) is 3.60. The zero-order valence-electron chi connectivity index (χ0n) is 12.5. The molecule has 0 spiro atoms. The second kappa shape index (κ2) is 5.48. The maximum atomic E-state index is 12.3. The van der Waals surface area contributed by atoms with Gasteiger partial charge in [-0.25, -0.2) is 8.42 Å². The zero-order chi connectivity index (χ0) is 15.7. The molecule has 0 bridgehead atoms. The van der Waals surface area contributed by atoms with Crippen LogP contribution in [-0.2, 0) is 21.0 Å². The molecule has 0 aliphatic heterocycles. The molecule has 0 aliphatic carbocycles. The van der Waals surface area contributed by atoms with Gasteiger partial charge in [0.25, 0.3) is 0 Å². The van der Waals surface area contributed by atoms with Crippen LogP contribution in [0.1, 0.15) is 32.5 Å². The molecular formula is C14H18N2O4S. The summed E-state index contributed by atoms with van der Waals surface area (Å²) in [7, 11) is -1.99. The van der Waals surface area contributed by atoms with Crippen LogP contribution in [0, 0.1) is 0 Å². The van der Waals surface area contributed by atoms with Crippen LogP contribution in [0.5, 0.6) is 5.75 Å². The molecular weight excluding hydrogens is 292 g/mol. The third-order valence-corrected chi connectivity index (χ3v) is 4.48. The first-order valence-corrected chi connectivity index (χ1v) is 8.07. The lowest BCUT2D eigenvalue weighted by molar-refractivity contribution is 0.319. The van der Waals surface area contributed by atoms with Gasteiger partial charge in [0.1, 0.15) is 11.5 Å². The topological polar surface area (TPSA) is 82.3 Å². The molecule has 0 aliphatic rings. The van der Waals surface area contributed by atoms with Crippen molar-refractivity contribution in [1.82, 2.24) is 10.1 Å². The molecule has 21 heavy (non-hydrogen) atoms. The molecule has 7 heteroatoms. The van der Waals surface area contributed by atoms with Gasteiger partial charge in [0.2, 0.25) is 5.89 Å². The summed E-state index contributed by atoms with van der Waals surface area (Å²) in [5.74, 6) is 0.889. The molecule has 1 aromatic carbocycles. The summed E-state index contributed by atoms with van der Waals surface area (Å²) in [6.45, 7) is 5.76. The van der Waals surface area contributed by atoms with Crippen LogP contribution in [0.3, 0.4) is 0 Å². The van der Waals surface area contributed by atoms with Gasteiger partial charge >= 0.3 is 0 Å². The molecule has 0 atom stereocenters. The molecule has 6 nitrogen and oxygen atoms in total. The Hall–Kier alpha value is -1.89. The Bertz CT molecular complexity index is 712. The second-order valence-electron chi connectivity index (χ2n) is 5.70. The number of nitrogens with zero attached hydrogens (tertiary/aromatic N) is 2. The molecule has 2 aromatic rings. The van der Waals surface area contributed by atoms with Crippen molar-refractivity contribution in [3.8, 4) is 5.75 Å². The molecule has 0 fully saturated rings. The molecule has 114 valence electrons. The van der Waals surface area contributed by atoms with E-state index in [9.17, 15) is 8.42 Å². The molecule has 0 unspecified atom stereocenters. The van der Waals surface area contributed by atoms with Crippen molar-refractivity contribution >= 4 is 9.84 Å². The predicted octanol–water partition coefficient (Wildman–Crippen LogP) is 2.35. The minimum Gasteiger partial charge on any atom is -0.497 e. The highest BCUT2D eigenvalue weighted by Crippen LogP contribution is 2.22. The average Bonchev–Trinajstić information content (AvgIpc) is 2.86. The molecule has 1 aromatic heterocycles. The van der Waals surface area contributed by atoms with Gasteiger partial charge in [-0.15, -0.1) is 0 Å². The van der Waals surface area contributed by atoms with Gasteiger partial charge in [-0.2, -0.15) is 4.98 Å². The van der Waals surface area contributed by atoms with E-state index in [4.69, 9.17) is 9.26 Å². The molecule has 0 N–H and O–H groups in total. The highest BCUT2D eigenvalue weighted by molar-refractivity contribution is 7.90. The van der Waals surface area contributed by atoms with Crippen molar-refractivity contribution in [1.29, 1.82) is 0 Å². The van der Waals surface area contributed by atoms with E-state index >= 15 is 0 Å². The third-order valence-electron chi connectivity index (χ3n) is 2.85. The van der Waals surface area contributed by atoms with Crippen molar-refractivity contribution in [2.45, 2.75) is 36.8 Å². The van der Waals surface area contributed by atoms with E-state index in [0.717, 1.165) is 0 Å². The first-order chi connectivity index (χ1) is 9.72. The maximum absolute atomic E-state index is 12.3. The van der Waals surface area contributed by atoms with Crippen molar-refractivity contribution in [3.05, 3.63) is 36.0 Å². The van der Waals surface area contributed by atoms with E-state index < -0.39 is 9.84 Å². The Morgan fingerprint density at radius 3 is 2.29 bits per heavy atom. The predicted molar refractivity (Wildman–Crippen MR) is 76.9 cm³/mol. The number of benzene rings is 1. The summed E-state index contributed by atoms with van der Waals surface area (Å²) in [4.78, 5) is 4.34. The van der Waals surface area contributed by atoms with Crippen LogP contribution in [0.25, 0.3) is 0 Å². The summed E-state index contributed by atoms with van der Waals surface area (Å²) in [6, 6.07) is 6.20. The monoisotopic (exact) mass is 310 g/mol. The van der Waals surface area contributed by atoms with Crippen LogP contribution in [0.4, 0.5) is 0 Å². The van der Waals surface area contributed by atoms with Gasteiger partial charge in [-0.3, -0.25) is 0 Å². The fourth-order valence-electron chi connectivity index (χ4n) is 1.65. The highest BCUT2D eigenvalue weighted by Gasteiger charge is 2.24. The number of hydrogen-bond donors (Lipinski definition) is 0. The molecule has 0 saturated heterocycles. The van der Waals surface area contributed by atoms with Gasteiger partial charge in [-0.05, 0) is 24.3 Å². The van der Waals surface area contributed by atoms with Crippen LogP contribution in [0.15, 0.2) is 33.7 Å². The molecule has 0 amide bonds. The summed E-state index contributed by atoms with van der Waals surface area (Å²) < 4.78 is 34.7. The Kier molecular flexibility index (Phi) is 4.04. The molecule has 1 heterocycles. The van der Waals surface area contributed by atoms with Gasteiger partial charge in [0, 0.05) is 5.41 Å². The number of sulfone groups is 1. The largest absolute Gasteiger partial charge is 0.497 e. The van der Waals surface area contributed by atoms with E-state index in [2.05, 4.69) is 10.1 Å². The zero-order valence-corrected chi connectivity index (χ0v) is 13.3. The second-order valence-corrected chi connectivity index (χ2v) is 7.69. The fraction of sp³-hybridized carbons (Fsp3) is 0.429. The van der Waals surface area contributed by atoms with Crippen molar-refractivity contribution < 1.29 is 17.7 Å². The summed E-state index contributed by atoms with van der Waals surface area (Å²) in [6.07, 6.45) is 0. The number of hydrogen-bond acceptors (Lipinski definition) is 6. The van der Waals surface area contributed by atoms with Gasteiger partial charge in [-0.1, -0.05) is 25.9 Å². The highest BCUT2D eigenvalue weighted by atomic mass is 32.2. The Balaban J connectivity index is 2.22. The van der Waals surface area contributed by atoms with Gasteiger partial charge in [0.15, 0.2) is 15.7 Å². The van der Waals surface area contributed by atoms with E-state index in [1.54, 1.807) is 12.1 Å². The van der Waals surface area contributed by atoms with Crippen LogP contribution < -0.4 is 4.74 Å². The average molecular weight is 310 g/mol. The number of rotatable bonds is 4. The van der Waals surface area contributed by atoms with Crippen LogP contribution in [-0.4, -0.2) is 25.7 Å². The van der Waals surface area contributed by atoms with Crippen molar-refractivity contribution in [3.63, 3.8) is 0 Å². The SMILES string of the molecule is COc1ccc(S(=O)(=O)Cc2noc(C(C)(C)C)n2)cc1. The summed E-state index contributed by atoms with van der Waals surface area (Å²) in [5, 5.41) is 3.74. The van der Waals surface area contributed by atoms with E-state index in [0.29, 0.717) is 11.6 Å². The van der Waals surface area contributed by atoms with E-state index in [-0.39, 0.29) is 21.9 Å². The Morgan fingerprint density at radius 2 is 1.81 bits per heavy atom. The van der Waals surface area contributed by atoms with Crippen molar-refractivity contribution in [2.75, 3.05) is 7.11 Å². The number of methoxy groups -OCH3 is 1. The summed E-state index contributed by atoms with van der Waals surface area (Å²) in [5.41, 5.74) is -0.310.